The molecule has 3 aromatic rings. The van der Waals surface area contributed by atoms with Crippen LogP contribution in [-0.2, 0) is 0 Å². The number of aryl methyl sites for hydroxylation is 1. The summed E-state index contributed by atoms with van der Waals surface area (Å²) < 4.78 is 2.64. The van der Waals surface area contributed by atoms with Crippen molar-refractivity contribution in [2.75, 3.05) is 5.73 Å². The smallest absolute Gasteiger partial charge is 0.273 e. The van der Waals surface area contributed by atoms with Crippen LogP contribution < -0.4 is 11.3 Å². The van der Waals surface area contributed by atoms with E-state index >= 15 is 0 Å². The highest BCUT2D eigenvalue weighted by Gasteiger charge is 2.10. The molecule has 0 amide bonds. The largest absolute Gasteiger partial charge is 0.397 e. The van der Waals surface area contributed by atoms with Crippen molar-refractivity contribution in [3.05, 3.63) is 58.4 Å². The first kappa shape index (κ1) is 11.0. The van der Waals surface area contributed by atoms with Crippen molar-refractivity contribution in [2.45, 2.75) is 6.92 Å². The first-order valence-electron chi connectivity index (χ1n) is 5.64. The fraction of sp³-hybridized carbons (Fsp3) is 0.0714. The van der Waals surface area contributed by atoms with Gasteiger partial charge in [0.05, 0.1) is 21.5 Å². The molecule has 0 saturated heterocycles. The summed E-state index contributed by atoms with van der Waals surface area (Å²) in [5, 5.41) is 0.739. The van der Waals surface area contributed by atoms with E-state index in [1.165, 1.54) is 11.5 Å². The molecule has 0 aliphatic rings. The van der Waals surface area contributed by atoms with Crippen LogP contribution in [0.15, 0.2) is 47.3 Å². The number of anilines is 1. The van der Waals surface area contributed by atoms with Crippen LogP contribution in [0.2, 0.25) is 0 Å². The molecule has 3 rings (SSSR count). The van der Waals surface area contributed by atoms with Crippen molar-refractivity contribution in [1.82, 2.24) is 3.96 Å². The highest BCUT2D eigenvalue weighted by atomic mass is 32.1. The van der Waals surface area contributed by atoms with Crippen molar-refractivity contribution in [2.24, 2.45) is 0 Å². The Hall–Kier alpha value is -2.07. The Morgan fingerprint density at radius 3 is 2.72 bits per heavy atom. The van der Waals surface area contributed by atoms with Crippen LogP contribution in [0.1, 0.15) is 5.56 Å². The van der Waals surface area contributed by atoms with E-state index in [0.717, 1.165) is 21.3 Å². The summed E-state index contributed by atoms with van der Waals surface area (Å²) in [5.41, 5.74) is 8.42. The topological polar surface area (TPSA) is 48.0 Å². The minimum Gasteiger partial charge on any atom is -0.397 e. The zero-order chi connectivity index (χ0) is 12.7. The van der Waals surface area contributed by atoms with Crippen molar-refractivity contribution in [3.8, 4) is 5.69 Å². The Morgan fingerprint density at radius 1 is 1.17 bits per heavy atom. The molecule has 0 unspecified atom stereocenters. The summed E-state index contributed by atoms with van der Waals surface area (Å²) in [5.74, 6) is 0. The Balaban J connectivity index is 2.35. The first-order valence-corrected chi connectivity index (χ1v) is 6.42. The summed E-state index contributed by atoms with van der Waals surface area (Å²) >= 11 is 1.42. The van der Waals surface area contributed by atoms with Crippen LogP contribution in [0.25, 0.3) is 15.8 Å². The van der Waals surface area contributed by atoms with E-state index in [-0.39, 0.29) is 5.56 Å². The van der Waals surface area contributed by atoms with Gasteiger partial charge in [0, 0.05) is 0 Å². The van der Waals surface area contributed by atoms with Gasteiger partial charge in [0.15, 0.2) is 0 Å². The Kier molecular flexibility index (Phi) is 2.45. The van der Waals surface area contributed by atoms with Crippen LogP contribution in [0.4, 0.5) is 5.69 Å². The third-order valence-corrected chi connectivity index (χ3v) is 3.99. The molecular formula is C14H12N2OS. The van der Waals surface area contributed by atoms with Gasteiger partial charge in [0.25, 0.3) is 5.56 Å². The standard InChI is InChI=1S/C14H12N2OS/c1-9-6-7-11(15)12(8-9)16-14(17)10-4-2-3-5-13(10)18-16/h2-8H,15H2,1H3. The fourth-order valence-electron chi connectivity index (χ4n) is 1.96. The highest BCUT2D eigenvalue weighted by molar-refractivity contribution is 7.14. The van der Waals surface area contributed by atoms with Crippen LogP contribution in [0.5, 0.6) is 0 Å². The molecule has 0 fully saturated rings. The van der Waals surface area contributed by atoms with E-state index in [0.29, 0.717) is 5.69 Å². The summed E-state index contributed by atoms with van der Waals surface area (Å²) in [6, 6.07) is 13.3. The van der Waals surface area contributed by atoms with Crippen LogP contribution >= 0.6 is 11.5 Å². The second-order valence-electron chi connectivity index (χ2n) is 4.25. The molecule has 1 aromatic heterocycles. The highest BCUT2D eigenvalue weighted by Crippen LogP contribution is 2.24. The van der Waals surface area contributed by atoms with E-state index in [1.807, 2.05) is 49.4 Å². The molecule has 3 nitrogen and oxygen atoms in total. The Labute approximate surface area is 108 Å². The minimum absolute atomic E-state index is 0.00657. The molecule has 0 radical (unpaired) electrons. The third-order valence-electron chi connectivity index (χ3n) is 2.90. The lowest BCUT2D eigenvalue weighted by atomic mass is 10.2. The second kappa shape index (κ2) is 3.99. The van der Waals surface area contributed by atoms with Gasteiger partial charge in [-0.1, -0.05) is 29.7 Å². The van der Waals surface area contributed by atoms with Gasteiger partial charge in [-0.15, -0.1) is 0 Å². The number of fused-ring (bicyclic) bond motifs is 1. The molecule has 18 heavy (non-hydrogen) atoms. The average Bonchev–Trinajstić information content (AvgIpc) is 2.71. The number of nitrogen functional groups attached to an aromatic ring is 1. The predicted molar refractivity (Wildman–Crippen MR) is 76.6 cm³/mol. The van der Waals surface area contributed by atoms with Crippen molar-refractivity contribution in [3.63, 3.8) is 0 Å². The van der Waals surface area contributed by atoms with Crippen molar-refractivity contribution < 1.29 is 0 Å². The van der Waals surface area contributed by atoms with Gasteiger partial charge in [0.1, 0.15) is 0 Å². The van der Waals surface area contributed by atoms with Crippen LogP contribution in [-0.4, -0.2) is 3.96 Å². The minimum atomic E-state index is -0.00657. The number of nitrogens with two attached hydrogens (primary N) is 1. The first-order chi connectivity index (χ1) is 8.66. The van der Waals surface area contributed by atoms with Gasteiger partial charge < -0.3 is 5.73 Å². The van der Waals surface area contributed by atoms with Crippen LogP contribution in [0, 0.1) is 6.92 Å². The van der Waals surface area contributed by atoms with E-state index in [1.54, 1.807) is 3.96 Å². The lowest BCUT2D eigenvalue weighted by Crippen LogP contribution is -2.12. The number of rotatable bonds is 1. The quantitative estimate of drug-likeness (QED) is 0.680. The van der Waals surface area contributed by atoms with E-state index in [2.05, 4.69) is 0 Å². The fourth-order valence-corrected chi connectivity index (χ4v) is 2.99. The average molecular weight is 256 g/mol. The van der Waals surface area contributed by atoms with Gasteiger partial charge in [-0.05, 0) is 36.8 Å². The molecule has 0 atom stereocenters. The maximum atomic E-state index is 12.3. The van der Waals surface area contributed by atoms with Crippen LogP contribution in [0.3, 0.4) is 0 Å². The maximum absolute atomic E-state index is 12.3. The Morgan fingerprint density at radius 2 is 1.94 bits per heavy atom. The molecule has 0 bridgehead atoms. The summed E-state index contributed by atoms with van der Waals surface area (Å²) in [4.78, 5) is 12.3. The van der Waals surface area contributed by atoms with Gasteiger partial charge >= 0.3 is 0 Å². The molecule has 1 heterocycles. The number of benzene rings is 2. The Bertz CT molecular complexity index is 786. The molecule has 0 aliphatic carbocycles. The molecular weight excluding hydrogens is 244 g/mol. The third kappa shape index (κ3) is 1.62. The van der Waals surface area contributed by atoms with E-state index < -0.39 is 0 Å². The van der Waals surface area contributed by atoms with Crippen molar-refractivity contribution in [1.29, 1.82) is 0 Å². The van der Waals surface area contributed by atoms with E-state index in [4.69, 9.17) is 5.73 Å². The van der Waals surface area contributed by atoms with Gasteiger partial charge in [-0.2, -0.15) is 0 Å². The monoisotopic (exact) mass is 256 g/mol. The summed E-state index contributed by atoms with van der Waals surface area (Å²) in [6.07, 6.45) is 0. The number of nitrogens with zero attached hydrogens (tertiary/aromatic N) is 1. The second-order valence-corrected chi connectivity index (χ2v) is 5.24. The lowest BCUT2D eigenvalue weighted by molar-refractivity contribution is 1.14. The maximum Gasteiger partial charge on any atom is 0.273 e. The zero-order valence-electron chi connectivity index (χ0n) is 9.88. The normalized spacial score (nSPS) is 10.9. The summed E-state index contributed by atoms with van der Waals surface area (Å²) in [7, 11) is 0. The molecule has 4 heteroatoms. The van der Waals surface area contributed by atoms with Gasteiger partial charge in [0.2, 0.25) is 0 Å². The molecule has 90 valence electrons. The lowest BCUT2D eigenvalue weighted by Gasteiger charge is -2.05. The number of hydrogen-bond donors (Lipinski definition) is 1. The zero-order valence-corrected chi connectivity index (χ0v) is 10.7. The van der Waals surface area contributed by atoms with Gasteiger partial charge in [-0.3, -0.25) is 4.79 Å². The molecule has 2 N–H and O–H groups in total. The molecule has 0 aliphatic heterocycles. The van der Waals surface area contributed by atoms with E-state index in [9.17, 15) is 4.79 Å². The van der Waals surface area contributed by atoms with Gasteiger partial charge in [-0.25, -0.2) is 3.96 Å². The molecule has 2 aromatic carbocycles. The number of hydrogen-bond acceptors (Lipinski definition) is 3. The van der Waals surface area contributed by atoms with Crippen molar-refractivity contribution >= 4 is 27.3 Å². The predicted octanol–water partition coefficient (Wildman–Crippen LogP) is 2.94. The molecule has 0 spiro atoms. The molecule has 0 saturated carbocycles. The number of aromatic nitrogens is 1. The SMILES string of the molecule is Cc1ccc(N)c(-n2sc3ccccc3c2=O)c1. The summed E-state index contributed by atoms with van der Waals surface area (Å²) in [6.45, 7) is 1.99.